The highest BCUT2D eigenvalue weighted by molar-refractivity contribution is 5.80. The van der Waals surface area contributed by atoms with Gasteiger partial charge in [-0.25, -0.2) is 9.18 Å². The van der Waals surface area contributed by atoms with Gasteiger partial charge in [-0.1, -0.05) is 0 Å². The molecular weight excluding hydrogens is 243 g/mol. The highest BCUT2D eigenvalue weighted by Gasteiger charge is 2.34. The Balaban J connectivity index is 2.44. The summed E-state index contributed by atoms with van der Waals surface area (Å²) in [6, 6.07) is 2.38. The molecule has 2 rings (SSSR count). The van der Waals surface area contributed by atoms with Gasteiger partial charge in [0.05, 0.1) is 11.0 Å². The third-order valence-electron chi connectivity index (χ3n) is 2.98. The van der Waals surface area contributed by atoms with E-state index in [0.717, 1.165) is 12.1 Å². The molecule has 1 fully saturated rings. The number of nitro benzene ring substituents is 1. The molecule has 1 atom stereocenters. The highest BCUT2D eigenvalue weighted by atomic mass is 19.1. The van der Waals surface area contributed by atoms with Crippen LogP contribution in [-0.4, -0.2) is 28.6 Å². The minimum atomic E-state index is -1.02. The van der Waals surface area contributed by atoms with E-state index < -0.39 is 28.4 Å². The SMILES string of the molecule is O=C(O)C1CCCN1c1ccc(F)cc1[N+](=O)[O-]. The zero-order valence-corrected chi connectivity index (χ0v) is 9.38. The van der Waals surface area contributed by atoms with E-state index in [-0.39, 0.29) is 5.69 Å². The summed E-state index contributed by atoms with van der Waals surface area (Å²) in [4.78, 5) is 22.7. The number of carboxylic acid groups (broad SMARTS) is 1. The van der Waals surface area contributed by atoms with Crippen LogP contribution in [0.5, 0.6) is 0 Å². The molecule has 1 N–H and O–H groups in total. The van der Waals surface area contributed by atoms with Crippen molar-refractivity contribution in [3.8, 4) is 0 Å². The molecule has 0 saturated carbocycles. The van der Waals surface area contributed by atoms with E-state index in [4.69, 9.17) is 5.11 Å². The summed E-state index contributed by atoms with van der Waals surface area (Å²) in [6.45, 7) is 0.420. The van der Waals surface area contributed by atoms with Crippen LogP contribution in [0.15, 0.2) is 18.2 Å². The van der Waals surface area contributed by atoms with E-state index in [2.05, 4.69) is 0 Å². The Hall–Kier alpha value is -2.18. The van der Waals surface area contributed by atoms with E-state index in [1.54, 1.807) is 0 Å². The van der Waals surface area contributed by atoms with Gasteiger partial charge in [0, 0.05) is 6.54 Å². The van der Waals surface area contributed by atoms with Crippen LogP contribution < -0.4 is 4.90 Å². The maximum atomic E-state index is 13.0. The molecule has 0 radical (unpaired) electrons. The van der Waals surface area contributed by atoms with Crippen LogP contribution in [0.3, 0.4) is 0 Å². The van der Waals surface area contributed by atoms with Crippen LogP contribution in [0.4, 0.5) is 15.8 Å². The Morgan fingerprint density at radius 1 is 1.56 bits per heavy atom. The lowest BCUT2D eigenvalue weighted by Crippen LogP contribution is -2.36. The van der Waals surface area contributed by atoms with Crippen LogP contribution >= 0.6 is 0 Å². The van der Waals surface area contributed by atoms with Gasteiger partial charge in [-0.2, -0.15) is 0 Å². The molecule has 0 spiro atoms. The van der Waals surface area contributed by atoms with Gasteiger partial charge in [0.1, 0.15) is 17.5 Å². The Labute approximate surface area is 102 Å². The lowest BCUT2D eigenvalue weighted by molar-refractivity contribution is -0.384. The molecule has 18 heavy (non-hydrogen) atoms. The number of anilines is 1. The molecule has 1 aliphatic rings. The van der Waals surface area contributed by atoms with Crippen molar-refractivity contribution in [1.82, 2.24) is 0 Å². The first kappa shape index (κ1) is 12.3. The Kier molecular flexibility index (Phi) is 3.14. The molecule has 1 saturated heterocycles. The number of nitrogens with zero attached hydrogens (tertiary/aromatic N) is 2. The van der Waals surface area contributed by atoms with Crippen molar-refractivity contribution in [2.75, 3.05) is 11.4 Å². The third kappa shape index (κ3) is 2.11. The molecule has 1 heterocycles. The Bertz CT molecular complexity index is 506. The number of hydrogen-bond donors (Lipinski definition) is 1. The lowest BCUT2D eigenvalue weighted by atomic mass is 10.2. The van der Waals surface area contributed by atoms with Gasteiger partial charge >= 0.3 is 5.97 Å². The molecule has 1 unspecified atom stereocenters. The molecule has 0 aromatic heterocycles. The molecule has 1 aromatic carbocycles. The second-order valence-corrected chi connectivity index (χ2v) is 4.08. The summed E-state index contributed by atoms with van der Waals surface area (Å²) < 4.78 is 13.0. The van der Waals surface area contributed by atoms with Gasteiger partial charge in [-0.3, -0.25) is 10.1 Å². The fourth-order valence-corrected chi connectivity index (χ4v) is 2.20. The van der Waals surface area contributed by atoms with Crippen LogP contribution in [0.2, 0.25) is 0 Å². The van der Waals surface area contributed by atoms with Crippen molar-refractivity contribution in [3.63, 3.8) is 0 Å². The number of nitro groups is 1. The van der Waals surface area contributed by atoms with E-state index in [9.17, 15) is 19.3 Å². The van der Waals surface area contributed by atoms with Crippen molar-refractivity contribution in [2.24, 2.45) is 0 Å². The molecule has 7 heteroatoms. The topological polar surface area (TPSA) is 83.7 Å². The molecule has 1 aromatic rings. The summed E-state index contributed by atoms with van der Waals surface area (Å²) in [5, 5.41) is 19.9. The first-order valence-electron chi connectivity index (χ1n) is 5.44. The minimum Gasteiger partial charge on any atom is -0.480 e. The summed E-state index contributed by atoms with van der Waals surface area (Å²) in [6.07, 6.45) is 1.08. The standard InChI is InChI=1S/C11H11FN2O4/c12-7-3-4-8(10(6-7)14(17)18)13-5-1-2-9(13)11(15)16/h3-4,6,9H,1-2,5H2,(H,15,16). The van der Waals surface area contributed by atoms with Crippen LogP contribution in [0, 0.1) is 15.9 Å². The first-order valence-corrected chi connectivity index (χ1v) is 5.44. The van der Waals surface area contributed by atoms with Gasteiger partial charge in [0.15, 0.2) is 0 Å². The van der Waals surface area contributed by atoms with Gasteiger partial charge in [0.25, 0.3) is 5.69 Å². The van der Waals surface area contributed by atoms with Crippen molar-refractivity contribution in [3.05, 3.63) is 34.1 Å². The largest absolute Gasteiger partial charge is 0.480 e. The number of halogens is 1. The van der Waals surface area contributed by atoms with Crippen molar-refractivity contribution < 1.29 is 19.2 Å². The second kappa shape index (κ2) is 4.59. The van der Waals surface area contributed by atoms with Gasteiger partial charge in [-0.05, 0) is 25.0 Å². The van der Waals surface area contributed by atoms with E-state index in [1.165, 1.54) is 11.0 Å². The maximum absolute atomic E-state index is 13.0. The van der Waals surface area contributed by atoms with Gasteiger partial charge in [-0.15, -0.1) is 0 Å². The van der Waals surface area contributed by atoms with E-state index in [1.807, 2.05) is 0 Å². The number of carboxylic acids is 1. The first-order chi connectivity index (χ1) is 8.50. The monoisotopic (exact) mass is 254 g/mol. The van der Waals surface area contributed by atoms with E-state index in [0.29, 0.717) is 19.4 Å². The van der Waals surface area contributed by atoms with Crippen LogP contribution in [0.1, 0.15) is 12.8 Å². The molecule has 96 valence electrons. The summed E-state index contributed by atoms with van der Waals surface area (Å²) in [5.74, 6) is -1.73. The fraction of sp³-hybridized carbons (Fsp3) is 0.364. The van der Waals surface area contributed by atoms with E-state index >= 15 is 0 Å². The average molecular weight is 254 g/mol. The minimum absolute atomic E-state index is 0.159. The molecule has 0 amide bonds. The smallest absolute Gasteiger partial charge is 0.326 e. The predicted octanol–water partition coefficient (Wildman–Crippen LogP) is 1.79. The van der Waals surface area contributed by atoms with Crippen molar-refractivity contribution in [2.45, 2.75) is 18.9 Å². The zero-order valence-electron chi connectivity index (χ0n) is 9.38. The molecule has 0 aliphatic carbocycles. The lowest BCUT2D eigenvalue weighted by Gasteiger charge is -2.23. The normalized spacial score (nSPS) is 18.9. The number of aliphatic carboxylic acids is 1. The summed E-state index contributed by atoms with van der Waals surface area (Å²) in [5.41, 5.74) is -0.241. The van der Waals surface area contributed by atoms with Crippen molar-refractivity contribution in [1.29, 1.82) is 0 Å². The summed E-state index contributed by atoms with van der Waals surface area (Å²) >= 11 is 0. The number of benzene rings is 1. The van der Waals surface area contributed by atoms with Crippen LogP contribution in [-0.2, 0) is 4.79 Å². The number of hydrogen-bond acceptors (Lipinski definition) is 4. The Morgan fingerprint density at radius 3 is 2.89 bits per heavy atom. The zero-order chi connectivity index (χ0) is 13.3. The fourth-order valence-electron chi connectivity index (χ4n) is 2.20. The van der Waals surface area contributed by atoms with Crippen LogP contribution in [0.25, 0.3) is 0 Å². The second-order valence-electron chi connectivity index (χ2n) is 4.08. The molecule has 0 bridgehead atoms. The maximum Gasteiger partial charge on any atom is 0.326 e. The third-order valence-corrected chi connectivity index (χ3v) is 2.98. The Morgan fingerprint density at radius 2 is 2.28 bits per heavy atom. The average Bonchev–Trinajstić information content (AvgIpc) is 2.77. The molecular formula is C11H11FN2O4. The van der Waals surface area contributed by atoms with Crippen molar-refractivity contribution >= 4 is 17.3 Å². The quantitative estimate of drug-likeness (QED) is 0.656. The molecule has 6 nitrogen and oxygen atoms in total. The van der Waals surface area contributed by atoms with Gasteiger partial charge in [0.2, 0.25) is 0 Å². The number of rotatable bonds is 3. The summed E-state index contributed by atoms with van der Waals surface area (Å²) in [7, 11) is 0. The highest BCUT2D eigenvalue weighted by Crippen LogP contribution is 2.34. The predicted molar refractivity (Wildman–Crippen MR) is 61.1 cm³/mol. The number of carbonyl (C=O) groups is 1. The molecule has 1 aliphatic heterocycles. The van der Waals surface area contributed by atoms with Gasteiger partial charge < -0.3 is 10.0 Å².